The molecule has 1 aromatic rings. The predicted octanol–water partition coefficient (Wildman–Crippen LogP) is -1.05. The monoisotopic (exact) mass is 317 g/mol. The average molecular weight is 317 g/mol. The number of nitrogens with one attached hydrogen (secondary N) is 1. The fraction of sp³-hybridized carbons (Fsp3) is 0.625. The van der Waals surface area contributed by atoms with Gasteiger partial charge in [0.15, 0.2) is 14.8 Å². The van der Waals surface area contributed by atoms with Gasteiger partial charge in [-0.3, -0.25) is 35.3 Å². The number of nitrogens with zero attached hydrogens (tertiary/aromatic N) is 6. The summed E-state index contributed by atoms with van der Waals surface area (Å²) in [6, 6.07) is 0. The van der Waals surface area contributed by atoms with Crippen molar-refractivity contribution in [3.8, 4) is 0 Å². The minimum Gasteiger partial charge on any atom is -0.341 e. The molecule has 1 aromatic heterocycles. The molecule has 0 amide bonds. The van der Waals surface area contributed by atoms with Gasteiger partial charge in [0, 0.05) is 13.1 Å². The lowest BCUT2D eigenvalue weighted by Gasteiger charge is -2.18. The number of aromatic nitrogens is 3. The van der Waals surface area contributed by atoms with Crippen LogP contribution in [-0.2, 0) is 5.79 Å². The summed E-state index contributed by atoms with van der Waals surface area (Å²) in [7, 11) is 0. The van der Waals surface area contributed by atoms with Crippen LogP contribution in [0.15, 0.2) is 4.79 Å². The first kappa shape index (κ1) is 16.9. The molecule has 0 aliphatic rings. The molecule has 0 aliphatic carbocycles. The van der Waals surface area contributed by atoms with E-state index in [9.17, 15) is 35.1 Å². The first-order valence-corrected chi connectivity index (χ1v) is 5.89. The lowest BCUT2D eigenvalue weighted by Crippen LogP contribution is -2.52. The Morgan fingerprint density at radius 2 is 1.50 bits per heavy atom. The van der Waals surface area contributed by atoms with Gasteiger partial charge in [-0.25, -0.2) is 4.79 Å². The number of hydrogen-bond acceptors (Lipinski definition) is 10. The van der Waals surface area contributed by atoms with E-state index in [0.29, 0.717) is 0 Å². The number of aromatic amines is 1. The highest BCUT2D eigenvalue weighted by Gasteiger charge is 2.75. The molecule has 1 N–H and O–H groups in total. The van der Waals surface area contributed by atoms with Gasteiger partial charge in [0.25, 0.3) is 0 Å². The van der Waals surface area contributed by atoms with Crippen molar-refractivity contribution in [1.29, 1.82) is 0 Å². The molecule has 0 saturated heterocycles. The number of anilines is 1. The Balaban J connectivity index is 3.71. The molecule has 0 radical (unpaired) electrons. The predicted molar refractivity (Wildman–Crippen MR) is 68.9 cm³/mol. The van der Waals surface area contributed by atoms with Crippen LogP contribution in [-0.4, -0.2) is 42.8 Å². The van der Waals surface area contributed by atoms with E-state index >= 15 is 0 Å². The lowest BCUT2D eigenvalue weighted by atomic mass is 10.3. The van der Waals surface area contributed by atoms with Crippen molar-refractivity contribution < 1.29 is 14.8 Å². The van der Waals surface area contributed by atoms with Crippen molar-refractivity contribution in [1.82, 2.24) is 15.0 Å². The van der Waals surface area contributed by atoms with Crippen LogP contribution in [0.2, 0.25) is 0 Å². The van der Waals surface area contributed by atoms with Crippen molar-refractivity contribution in [2.75, 3.05) is 18.0 Å². The largest absolute Gasteiger partial charge is 0.761 e. The third kappa shape index (κ3) is 2.52. The summed E-state index contributed by atoms with van der Waals surface area (Å²) in [5.41, 5.74) is -1.22. The van der Waals surface area contributed by atoms with E-state index in [2.05, 4.69) is 9.97 Å². The van der Waals surface area contributed by atoms with E-state index in [-0.39, 0.29) is 19.0 Å². The Labute approximate surface area is 121 Å². The molecule has 22 heavy (non-hydrogen) atoms. The van der Waals surface area contributed by atoms with Crippen molar-refractivity contribution in [3.63, 3.8) is 0 Å². The molecule has 14 heteroatoms. The zero-order chi connectivity index (χ0) is 17.1. The fourth-order valence-corrected chi connectivity index (χ4v) is 1.64. The first-order valence-electron chi connectivity index (χ1n) is 5.89. The maximum absolute atomic E-state index is 11.5. The quantitative estimate of drug-likeness (QED) is 0.368. The summed E-state index contributed by atoms with van der Waals surface area (Å²) < 4.78 is 0. The molecule has 0 spiro atoms. The molecule has 1 heterocycles. The SMILES string of the molecule is CCN(CC)c1nc(C([N+](=O)[O-])([N+](=O)[O-])[N+](=O)[O-])[nH]c(=O)n1. The summed E-state index contributed by atoms with van der Waals surface area (Å²) in [6.45, 7) is 3.86. The Hall–Kier alpha value is -3.19. The summed E-state index contributed by atoms with van der Waals surface area (Å²) >= 11 is 0. The van der Waals surface area contributed by atoms with Gasteiger partial charge in [-0.1, -0.05) is 0 Å². The normalized spacial score (nSPS) is 11.0. The van der Waals surface area contributed by atoms with E-state index in [4.69, 9.17) is 0 Å². The number of rotatable bonds is 7. The van der Waals surface area contributed by atoms with Gasteiger partial charge in [0.05, 0.1) is 0 Å². The first-order chi connectivity index (χ1) is 10.2. The van der Waals surface area contributed by atoms with Crippen LogP contribution in [0.1, 0.15) is 19.7 Å². The molecule has 0 saturated carbocycles. The number of H-pyrrole nitrogens is 1. The van der Waals surface area contributed by atoms with Crippen molar-refractivity contribution in [2.24, 2.45) is 0 Å². The van der Waals surface area contributed by atoms with Crippen molar-refractivity contribution in [2.45, 2.75) is 19.6 Å². The molecule has 0 fully saturated rings. The van der Waals surface area contributed by atoms with Crippen LogP contribution in [0.25, 0.3) is 0 Å². The molecule has 0 aromatic carbocycles. The van der Waals surface area contributed by atoms with Gasteiger partial charge >= 0.3 is 17.3 Å². The van der Waals surface area contributed by atoms with Crippen molar-refractivity contribution >= 4 is 5.95 Å². The van der Waals surface area contributed by atoms with Gasteiger partial charge in [0.2, 0.25) is 5.95 Å². The Morgan fingerprint density at radius 1 is 1.05 bits per heavy atom. The molecule has 14 nitrogen and oxygen atoms in total. The van der Waals surface area contributed by atoms with Gasteiger partial charge in [-0.15, -0.1) is 0 Å². The second kappa shape index (κ2) is 6.06. The zero-order valence-corrected chi connectivity index (χ0v) is 11.5. The second-order valence-electron chi connectivity index (χ2n) is 3.88. The molecular formula is C8H11N7O7. The van der Waals surface area contributed by atoms with E-state index in [0.717, 1.165) is 0 Å². The Morgan fingerprint density at radius 3 is 1.86 bits per heavy atom. The lowest BCUT2D eigenvalue weighted by molar-refractivity contribution is -0.987. The Bertz CT molecular complexity index is 631. The zero-order valence-electron chi connectivity index (χ0n) is 11.5. The highest BCUT2D eigenvalue weighted by atomic mass is 16.7. The van der Waals surface area contributed by atoms with E-state index < -0.39 is 32.1 Å². The van der Waals surface area contributed by atoms with Gasteiger partial charge in [-0.2, -0.15) is 9.97 Å². The average Bonchev–Trinajstić information content (AvgIpc) is 2.38. The highest BCUT2D eigenvalue weighted by Crippen LogP contribution is 2.23. The van der Waals surface area contributed by atoms with Crippen LogP contribution in [0, 0.1) is 30.3 Å². The van der Waals surface area contributed by atoms with E-state index in [1.807, 2.05) is 0 Å². The van der Waals surface area contributed by atoms with Crippen molar-refractivity contribution in [3.05, 3.63) is 46.7 Å². The summed E-state index contributed by atoms with van der Waals surface area (Å²) in [6.07, 6.45) is 0. The maximum atomic E-state index is 11.5. The molecule has 120 valence electrons. The van der Waals surface area contributed by atoms with Crippen LogP contribution >= 0.6 is 0 Å². The number of hydrogen-bond donors (Lipinski definition) is 1. The molecule has 0 aliphatic heterocycles. The van der Waals surface area contributed by atoms with Gasteiger partial charge in [-0.05, 0) is 13.8 Å². The maximum Gasteiger partial charge on any atom is 0.761 e. The molecular weight excluding hydrogens is 306 g/mol. The summed E-state index contributed by atoms with van der Waals surface area (Å²) in [5.74, 6) is -5.71. The third-order valence-corrected chi connectivity index (χ3v) is 2.77. The summed E-state index contributed by atoms with van der Waals surface area (Å²) in [4.78, 5) is 48.9. The highest BCUT2D eigenvalue weighted by molar-refractivity contribution is 5.28. The van der Waals surface area contributed by atoms with Crippen LogP contribution in [0.3, 0.4) is 0 Å². The third-order valence-electron chi connectivity index (χ3n) is 2.77. The fourth-order valence-electron chi connectivity index (χ4n) is 1.64. The minimum atomic E-state index is -4.01. The van der Waals surface area contributed by atoms with E-state index in [1.54, 1.807) is 18.8 Å². The summed E-state index contributed by atoms with van der Waals surface area (Å²) in [5, 5.41) is 32.9. The van der Waals surface area contributed by atoms with Crippen LogP contribution in [0.5, 0.6) is 0 Å². The van der Waals surface area contributed by atoms with Crippen LogP contribution in [0.4, 0.5) is 5.95 Å². The van der Waals surface area contributed by atoms with Gasteiger partial charge < -0.3 is 4.90 Å². The Kier molecular flexibility index (Phi) is 4.65. The topological polar surface area (TPSA) is 191 Å². The standard InChI is InChI=1S/C8H11N7O7/c1-3-12(4-2)6-9-5(10-7(16)11-6)8(13(17)18,14(19)20)15(21)22/h3-4H2,1-2H3,(H,9,10,11,16). The molecule has 1 rings (SSSR count). The smallest absolute Gasteiger partial charge is 0.341 e. The molecule has 0 unspecified atom stereocenters. The minimum absolute atomic E-state index is 0.280. The van der Waals surface area contributed by atoms with Gasteiger partial charge in [0.1, 0.15) is 0 Å². The number of nitro groups is 3. The second-order valence-corrected chi connectivity index (χ2v) is 3.88. The van der Waals surface area contributed by atoms with E-state index in [1.165, 1.54) is 4.90 Å². The van der Waals surface area contributed by atoms with Crippen LogP contribution < -0.4 is 10.6 Å². The molecule has 0 bridgehead atoms. The molecule has 0 atom stereocenters.